The number of nitriles is 1. The molecular formula is C16H21N3. The van der Waals surface area contributed by atoms with Crippen molar-refractivity contribution >= 4 is 10.9 Å². The number of nitrogens with one attached hydrogen (secondary N) is 1. The monoisotopic (exact) mass is 255 g/mol. The van der Waals surface area contributed by atoms with Gasteiger partial charge in [-0.05, 0) is 55.9 Å². The SMILES string of the molecule is CCCNCCCCn1ccc2ccc(C#N)cc21. The van der Waals surface area contributed by atoms with Crippen LogP contribution >= 0.6 is 0 Å². The maximum Gasteiger partial charge on any atom is 0.0992 e. The van der Waals surface area contributed by atoms with Gasteiger partial charge in [0.2, 0.25) is 0 Å². The topological polar surface area (TPSA) is 40.8 Å². The first-order chi connectivity index (χ1) is 9.35. The standard InChI is InChI=1S/C16H21N3/c1-2-8-18-9-3-4-10-19-11-7-15-6-5-14(13-17)12-16(15)19/h5-7,11-12,18H,2-4,8-10H2,1H3. The van der Waals surface area contributed by atoms with Crippen LogP contribution in [0.4, 0.5) is 0 Å². The summed E-state index contributed by atoms with van der Waals surface area (Å²) in [6.07, 6.45) is 5.67. The van der Waals surface area contributed by atoms with Gasteiger partial charge in [0, 0.05) is 18.3 Å². The van der Waals surface area contributed by atoms with Gasteiger partial charge >= 0.3 is 0 Å². The van der Waals surface area contributed by atoms with Crippen molar-refractivity contribution in [1.82, 2.24) is 9.88 Å². The molecule has 0 aliphatic carbocycles. The van der Waals surface area contributed by atoms with E-state index in [1.54, 1.807) is 0 Å². The number of fused-ring (bicyclic) bond motifs is 1. The fourth-order valence-electron chi connectivity index (χ4n) is 2.28. The number of unbranched alkanes of at least 4 members (excludes halogenated alkanes) is 1. The van der Waals surface area contributed by atoms with Crippen LogP contribution in [0.15, 0.2) is 30.5 Å². The second-order valence-corrected chi connectivity index (χ2v) is 4.85. The fraction of sp³-hybridized carbons (Fsp3) is 0.438. The average molecular weight is 255 g/mol. The van der Waals surface area contributed by atoms with E-state index in [0.29, 0.717) is 0 Å². The Morgan fingerprint density at radius 1 is 1.21 bits per heavy atom. The minimum absolute atomic E-state index is 0.733. The molecule has 2 aromatic rings. The van der Waals surface area contributed by atoms with Crippen LogP contribution in [0.5, 0.6) is 0 Å². The normalized spacial score (nSPS) is 10.7. The zero-order valence-corrected chi connectivity index (χ0v) is 11.5. The minimum Gasteiger partial charge on any atom is -0.347 e. The van der Waals surface area contributed by atoms with Crippen molar-refractivity contribution < 1.29 is 0 Å². The lowest BCUT2D eigenvalue weighted by atomic mass is 10.2. The van der Waals surface area contributed by atoms with Crippen LogP contribution < -0.4 is 5.32 Å². The van der Waals surface area contributed by atoms with Crippen LogP contribution in [0.1, 0.15) is 31.7 Å². The van der Waals surface area contributed by atoms with Crippen LogP contribution in [-0.4, -0.2) is 17.7 Å². The lowest BCUT2D eigenvalue weighted by Crippen LogP contribution is -2.16. The van der Waals surface area contributed by atoms with E-state index in [0.717, 1.165) is 31.6 Å². The Balaban J connectivity index is 1.92. The van der Waals surface area contributed by atoms with Crippen molar-refractivity contribution in [3.63, 3.8) is 0 Å². The van der Waals surface area contributed by atoms with Gasteiger partial charge < -0.3 is 9.88 Å². The molecule has 100 valence electrons. The van der Waals surface area contributed by atoms with Crippen LogP contribution in [0.25, 0.3) is 10.9 Å². The van der Waals surface area contributed by atoms with Crippen molar-refractivity contribution in [2.45, 2.75) is 32.7 Å². The van der Waals surface area contributed by atoms with Gasteiger partial charge in [-0.1, -0.05) is 13.0 Å². The summed E-state index contributed by atoms with van der Waals surface area (Å²) >= 11 is 0. The van der Waals surface area contributed by atoms with E-state index in [2.05, 4.69) is 35.1 Å². The third-order valence-corrected chi connectivity index (χ3v) is 3.33. The predicted molar refractivity (Wildman–Crippen MR) is 79.0 cm³/mol. The van der Waals surface area contributed by atoms with Gasteiger partial charge in [0.05, 0.1) is 11.6 Å². The van der Waals surface area contributed by atoms with Gasteiger partial charge in [0.15, 0.2) is 0 Å². The molecule has 0 saturated carbocycles. The second kappa shape index (κ2) is 6.96. The Bertz CT molecular complexity index is 563. The Morgan fingerprint density at radius 3 is 2.89 bits per heavy atom. The third-order valence-electron chi connectivity index (χ3n) is 3.33. The predicted octanol–water partition coefficient (Wildman–Crippen LogP) is 3.29. The highest BCUT2D eigenvalue weighted by atomic mass is 14.9. The fourth-order valence-corrected chi connectivity index (χ4v) is 2.28. The first-order valence-corrected chi connectivity index (χ1v) is 7.05. The molecule has 2 rings (SSSR count). The van der Waals surface area contributed by atoms with E-state index < -0.39 is 0 Å². The molecule has 0 bridgehead atoms. The highest BCUT2D eigenvalue weighted by Gasteiger charge is 2.02. The summed E-state index contributed by atoms with van der Waals surface area (Å²) in [6.45, 7) is 5.41. The van der Waals surface area contributed by atoms with Gasteiger partial charge in [-0.2, -0.15) is 5.26 Å². The van der Waals surface area contributed by atoms with Crippen LogP contribution in [0.2, 0.25) is 0 Å². The summed E-state index contributed by atoms with van der Waals surface area (Å²) in [5.74, 6) is 0. The average Bonchev–Trinajstić information content (AvgIpc) is 2.85. The molecule has 0 unspecified atom stereocenters. The summed E-state index contributed by atoms with van der Waals surface area (Å²) in [5, 5.41) is 13.6. The Kier molecular flexibility index (Phi) is 5.00. The van der Waals surface area contributed by atoms with E-state index in [9.17, 15) is 0 Å². The first-order valence-electron chi connectivity index (χ1n) is 7.05. The molecule has 1 heterocycles. The molecule has 0 radical (unpaired) electrons. The largest absolute Gasteiger partial charge is 0.347 e. The summed E-state index contributed by atoms with van der Waals surface area (Å²) < 4.78 is 2.25. The van der Waals surface area contributed by atoms with E-state index in [4.69, 9.17) is 5.26 Å². The van der Waals surface area contributed by atoms with Crippen molar-refractivity contribution in [1.29, 1.82) is 5.26 Å². The number of hydrogen-bond donors (Lipinski definition) is 1. The van der Waals surface area contributed by atoms with E-state index >= 15 is 0 Å². The summed E-state index contributed by atoms with van der Waals surface area (Å²) in [6, 6.07) is 10.2. The molecule has 0 atom stereocenters. The molecule has 1 N–H and O–H groups in total. The van der Waals surface area contributed by atoms with E-state index in [1.807, 2.05) is 18.2 Å². The Morgan fingerprint density at radius 2 is 2.11 bits per heavy atom. The smallest absolute Gasteiger partial charge is 0.0992 e. The number of aromatic nitrogens is 1. The quantitative estimate of drug-likeness (QED) is 0.771. The molecule has 19 heavy (non-hydrogen) atoms. The molecule has 0 aliphatic heterocycles. The van der Waals surface area contributed by atoms with Crippen LogP contribution in [0.3, 0.4) is 0 Å². The van der Waals surface area contributed by atoms with Crippen molar-refractivity contribution in [3.8, 4) is 6.07 Å². The molecule has 1 aromatic heterocycles. The van der Waals surface area contributed by atoms with Gasteiger partial charge in [-0.15, -0.1) is 0 Å². The van der Waals surface area contributed by atoms with Gasteiger partial charge in [-0.3, -0.25) is 0 Å². The second-order valence-electron chi connectivity index (χ2n) is 4.85. The number of hydrogen-bond acceptors (Lipinski definition) is 2. The summed E-state index contributed by atoms with van der Waals surface area (Å²) in [5.41, 5.74) is 1.90. The molecule has 3 heteroatoms. The number of nitrogens with zero attached hydrogens (tertiary/aromatic N) is 2. The van der Waals surface area contributed by atoms with Crippen molar-refractivity contribution in [2.24, 2.45) is 0 Å². The van der Waals surface area contributed by atoms with Gasteiger partial charge in [0.25, 0.3) is 0 Å². The molecule has 0 fully saturated rings. The third kappa shape index (κ3) is 3.59. The van der Waals surface area contributed by atoms with Gasteiger partial charge in [-0.25, -0.2) is 0 Å². The lowest BCUT2D eigenvalue weighted by molar-refractivity contribution is 0.574. The number of aryl methyl sites for hydroxylation is 1. The molecule has 0 spiro atoms. The Hall–Kier alpha value is -1.79. The van der Waals surface area contributed by atoms with Crippen LogP contribution in [-0.2, 0) is 6.54 Å². The molecule has 1 aromatic carbocycles. The molecule has 0 aliphatic rings. The Labute approximate surface area is 114 Å². The maximum absolute atomic E-state index is 8.95. The molecule has 0 amide bonds. The highest BCUT2D eigenvalue weighted by Crippen LogP contribution is 2.18. The van der Waals surface area contributed by atoms with E-state index in [-0.39, 0.29) is 0 Å². The van der Waals surface area contributed by atoms with Crippen molar-refractivity contribution in [2.75, 3.05) is 13.1 Å². The molecule has 0 saturated heterocycles. The summed E-state index contributed by atoms with van der Waals surface area (Å²) in [4.78, 5) is 0. The maximum atomic E-state index is 8.95. The molecule has 3 nitrogen and oxygen atoms in total. The van der Waals surface area contributed by atoms with Crippen LogP contribution in [0, 0.1) is 11.3 Å². The zero-order chi connectivity index (χ0) is 13.5. The lowest BCUT2D eigenvalue weighted by Gasteiger charge is -2.06. The number of rotatable bonds is 7. The molecular weight excluding hydrogens is 234 g/mol. The number of benzene rings is 1. The zero-order valence-electron chi connectivity index (χ0n) is 11.5. The summed E-state index contributed by atoms with van der Waals surface area (Å²) in [7, 11) is 0. The van der Waals surface area contributed by atoms with Gasteiger partial charge in [0.1, 0.15) is 0 Å². The highest BCUT2D eigenvalue weighted by molar-refractivity contribution is 5.81. The first kappa shape index (κ1) is 13.6. The minimum atomic E-state index is 0.733. The van der Waals surface area contributed by atoms with Crippen molar-refractivity contribution in [3.05, 3.63) is 36.0 Å². The van der Waals surface area contributed by atoms with E-state index in [1.165, 1.54) is 23.7 Å².